The standard InChI is InChI=1S/C16H16F3NOS/c1-4-13-15(20-14(22-13)7-10(3)21)11-6-5-9(2)12(8-11)16(17,18)19/h5-6,8H,4,7H2,1-3H3. The molecule has 0 saturated carbocycles. The predicted octanol–water partition coefficient (Wildman–Crippen LogP) is 4.83. The summed E-state index contributed by atoms with van der Waals surface area (Å²) in [5.74, 6) is -0.0113. The van der Waals surface area contributed by atoms with Gasteiger partial charge in [0, 0.05) is 10.4 Å². The number of hydrogen-bond acceptors (Lipinski definition) is 3. The molecule has 1 aromatic heterocycles. The molecule has 2 rings (SSSR count). The van der Waals surface area contributed by atoms with Crippen molar-refractivity contribution >= 4 is 17.1 Å². The average Bonchev–Trinajstić information content (AvgIpc) is 2.80. The van der Waals surface area contributed by atoms with Crippen molar-refractivity contribution in [2.24, 2.45) is 0 Å². The number of Topliss-reactive ketones (excluding diaryl/α,β-unsaturated/α-hetero) is 1. The van der Waals surface area contributed by atoms with E-state index in [2.05, 4.69) is 4.98 Å². The smallest absolute Gasteiger partial charge is 0.300 e. The number of thiazole rings is 1. The average molecular weight is 327 g/mol. The summed E-state index contributed by atoms with van der Waals surface area (Å²) in [7, 11) is 0. The zero-order valence-electron chi connectivity index (χ0n) is 12.5. The van der Waals surface area contributed by atoms with Gasteiger partial charge in [0.15, 0.2) is 0 Å². The van der Waals surface area contributed by atoms with Crippen LogP contribution in [0.4, 0.5) is 13.2 Å². The van der Waals surface area contributed by atoms with Crippen molar-refractivity contribution in [3.8, 4) is 11.3 Å². The lowest BCUT2D eigenvalue weighted by Crippen LogP contribution is -2.07. The van der Waals surface area contributed by atoms with E-state index >= 15 is 0 Å². The number of carbonyl (C=O) groups is 1. The Morgan fingerprint density at radius 3 is 2.55 bits per heavy atom. The minimum Gasteiger partial charge on any atom is -0.300 e. The van der Waals surface area contributed by atoms with Gasteiger partial charge in [0.1, 0.15) is 10.8 Å². The van der Waals surface area contributed by atoms with E-state index in [-0.39, 0.29) is 17.8 Å². The lowest BCUT2D eigenvalue weighted by atomic mass is 10.0. The molecule has 0 atom stereocenters. The number of aryl methyl sites for hydroxylation is 2. The van der Waals surface area contributed by atoms with Crippen molar-refractivity contribution in [1.29, 1.82) is 0 Å². The van der Waals surface area contributed by atoms with Gasteiger partial charge in [0.05, 0.1) is 17.7 Å². The molecule has 0 unspecified atom stereocenters. The molecule has 6 heteroatoms. The van der Waals surface area contributed by atoms with Crippen molar-refractivity contribution in [2.45, 2.75) is 39.8 Å². The molecule has 0 bridgehead atoms. The number of hydrogen-bond donors (Lipinski definition) is 0. The first kappa shape index (κ1) is 16.7. The van der Waals surface area contributed by atoms with Crippen LogP contribution >= 0.6 is 11.3 Å². The number of aromatic nitrogens is 1. The maximum absolute atomic E-state index is 13.0. The quantitative estimate of drug-likeness (QED) is 0.805. The van der Waals surface area contributed by atoms with E-state index < -0.39 is 11.7 Å². The van der Waals surface area contributed by atoms with E-state index in [0.717, 1.165) is 10.9 Å². The SMILES string of the molecule is CCc1sc(CC(C)=O)nc1-c1ccc(C)c(C(F)(F)F)c1. The van der Waals surface area contributed by atoms with Gasteiger partial charge in [-0.3, -0.25) is 4.79 Å². The largest absolute Gasteiger partial charge is 0.416 e. The molecule has 0 N–H and O–H groups in total. The van der Waals surface area contributed by atoms with Gasteiger partial charge in [-0.2, -0.15) is 13.2 Å². The normalized spacial score (nSPS) is 11.7. The van der Waals surface area contributed by atoms with Crippen LogP contribution in [0.1, 0.15) is 34.9 Å². The van der Waals surface area contributed by atoms with Crippen molar-refractivity contribution in [1.82, 2.24) is 4.98 Å². The Hall–Kier alpha value is -1.69. The van der Waals surface area contributed by atoms with Crippen LogP contribution in [0, 0.1) is 6.92 Å². The van der Waals surface area contributed by atoms with Crippen LogP contribution in [0.25, 0.3) is 11.3 Å². The van der Waals surface area contributed by atoms with Gasteiger partial charge in [-0.1, -0.05) is 19.1 Å². The summed E-state index contributed by atoms with van der Waals surface area (Å²) in [6, 6.07) is 4.25. The van der Waals surface area contributed by atoms with Crippen LogP contribution in [0.3, 0.4) is 0 Å². The van der Waals surface area contributed by atoms with Crippen LogP contribution < -0.4 is 0 Å². The second kappa shape index (κ2) is 6.20. The lowest BCUT2D eigenvalue weighted by Gasteiger charge is -2.11. The maximum Gasteiger partial charge on any atom is 0.416 e. The Labute approximate surface area is 131 Å². The highest BCUT2D eigenvalue weighted by Crippen LogP contribution is 2.36. The zero-order chi connectivity index (χ0) is 16.5. The highest BCUT2D eigenvalue weighted by molar-refractivity contribution is 7.12. The van der Waals surface area contributed by atoms with Crippen LogP contribution in [0.15, 0.2) is 18.2 Å². The van der Waals surface area contributed by atoms with E-state index in [4.69, 9.17) is 0 Å². The first-order valence-corrected chi connectivity index (χ1v) is 7.70. The minimum atomic E-state index is -4.38. The molecule has 1 heterocycles. The second-order valence-electron chi connectivity index (χ2n) is 5.14. The molecule has 0 aliphatic carbocycles. The van der Waals surface area contributed by atoms with Gasteiger partial charge in [0.2, 0.25) is 0 Å². The molecule has 0 fully saturated rings. The van der Waals surface area contributed by atoms with Crippen LogP contribution in [0.2, 0.25) is 0 Å². The van der Waals surface area contributed by atoms with Gasteiger partial charge < -0.3 is 0 Å². The van der Waals surface area contributed by atoms with Gasteiger partial charge in [-0.05, 0) is 31.9 Å². The monoisotopic (exact) mass is 327 g/mol. The van der Waals surface area contributed by atoms with Gasteiger partial charge in [-0.25, -0.2) is 4.98 Å². The fourth-order valence-corrected chi connectivity index (χ4v) is 3.33. The Bertz CT molecular complexity index is 704. The zero-order valence-corrected chi connectivity index (χ0v) is 13.4. The summed E-state index contributed by atoms with van der Waals surface area (Å²) in [5.41, 5.74) is 0.539. The lowest BCUT2D eigenvalue weighted by molar-refractivity contribution is -0.138. The van der Waals surface area contributed by atoms with E-state index in [0.29, 0.717) is 22.7 Å². The number of carbonyl (C=O) groups excluding carboxylic acids is 1. The van der Waals surface area contributed by atoms with Crippen LogP contribution in [-0.4, -0.2) is 10.8 Å². The van der Waals surface area contributed by atoms with Gasteiger partial charge in [-0.15, -0.1) is 11.3 Å². The third-order valence-electron chi connectivity index (χ3n) is 3.28. The van der Waals surface area contributed by atoms with E-state index in [1.165, 1.54) is 31.3 Å². The molecule has 0 radical (unpaired) electrons. The first-order chi connectivity index (χ1) is 10.2. The molecule has 0 saturated heterocycles. The van der Waals surface area contributed by atoms with Crippen LogP contribution in [0.5, 0.6) is 0 Å². The summed E-state index contributed by atoms with van der Waals surface area (Å²) in [6.07, 6.45) is -3.50. The molecule has 0 spiro atoms. The number of alkyl halides is 3. The molecule has 1 aromatic carbocycles. The van der Waals surface area contributed by atoms with Gasteiger partial charge >= 0.3 is 6.18 Å². The summed E-state index contributed by atoms with van der Waals surface area (Å²) < 4.78 is 39.1. The number of ketones is 1. The molecule has 22 heavy (non-hydrogen) atoms. The van der Waals surface area contributed by atoms with E-state index in [9.17, 15) is 18.0 Å². The van der Waals surface area contributed by atoms with Crippen molar-refractivity contribution in [3.63, 3.8) is 0 Å². The Balaban J connectivity index is 2.52. The molecule has 2 aromatic rings. The van der Waals surface area contributed by atoms with Crippen molar-refractivity contribution in [3.05, 3.63) is 39.2 Å². The van der Waals surface area contributed by atoms with Crippen LogP contribution in [-0.2, 0) is 23.8 Å². The highest BCUT2D eigenvalue weighted by Gasteiger charge is 2.32. The first-order valence-electron chi connectivity index (χ1n) is 6.88. The molecule has 0 amide bonds. The molecule has 0 aliphatic heterocycles. The van der Waals surface area contributed by atoms with E-state index in [1.807, 2.05) is 6.92 Å². The topological polar surface area (TPSA) is 30.0 Å². The summed E-state index contributed by atoms with van der Waals surface area (Å²) in [4.78, 5) is 16.5. The third kappa shape index (κ3) is 3.55. The van der Waals surface area contributed by atoms with Crippen molar-refractivity contribution < 1.29 is 18.0 Å². The van der Waals surface area contributed by atoms with Crippen molar-refractivity contribution in [2.75, 3.05) is 0 Å². The van der Waals surface area contributed by atoms with E-state index in [1.54, 1.807) is 6.07 Å². The molecular formula is C16H16F3NOS. The molecular weight excluding hydrogens is 311 g/mol. The molecule has 118 valence electrons. The number of rotatable bonds is 4. The number of halogens is 3. The highest BCUT2D eigenvalue weighted by atomic mass is 32.1. The summed E-state index contributed by atoms with van der Waals surface area (Å²) >= 11 is 1.39. The molecule has 2 nitrogen and oxygen atoms in total. The van der Waals surface area contributed by atoms with Gasteiger partial charge in [0.25, 0.3) is 0 Å². The Morgan fingerprint density at radius 2 is 2.00 bits per heavy atom. The number of benzene rings is 1. The second-order valence-corrected chi connectivity index (χ2v) is 6.31. The summed E-state index contributed by atoms with van der Waals surface area (Å²) in [5, 5.41) is 0.647. The fraction of sp³-hybridized carbons (Fsp3) is 0.375. The Kier molecular flexibility index (Phi) is 4.70. The predicted molar refractivity (Wildman–Crippen MR) is 81.1 cm³/mol. The molecule has 0 aliphatic rings. The third-order valence-corrected chi connectivity index (χ3v) is 4.48. The Morgan fingerprint density at radius 1 is 1.32 bits per heavy atom. The summed E-state index contributed by atoms with van der Waals surface area (Å²) in [6.45, 7) is 4.84. The maximum atomic E-state index is 13.0. The minimum absolute atomic E-state index is 0.0113. The number of nitrogens with zero attached hydrogens (tertiary/aromatic N) is 1. The fourth-order valence-electron chi connectivity index (χ4n) is 2.23.